The highest BCUT2D eigenvalue weighted by atomic mass is 32.2. The van der Waals surface area contributed by atoms with Crippen molar-refractivity contribution in [1.82, 2.24) is 9.21 Å². The highest BCUT2D eigenvalue weighted by molar-refractivity contribution is 7.89. The molecule has 0 aromatic heterocycles. The average molecular weight is 472 g/mol. The molecule has 1 saturated heterocycles. The Kier molecular flexibility index (Phi) is 6.71. The second-order valence-corrected chi connectivity index (χ2v) is 10.4. The lowest BCUT2D eigenvalue weighted by Gasteiger charge is -2.34. The summed E-state index contributed by atoms with van der Waals surface area (Å²) in [4.78, 5) is 26.8. The molecular formula is C24H29N3O5S. The summed E-state index contributed by atoms with van der Waals surface area (Å²) in [5, 5.41) is 2.70. The van der Waals surface area contributed by atoms with Crippen LogP contribution in [-0.4, -0.2) is 55.7 Å². The van der Waals surface area contributed by atoms with E-state index in [1.54, 1.807) is 17.9 Å². The zero-order valence-electron chi connectivity index (χ0n) is 18.9. The average Bonchev–Trinajstić information content (AvgIpc) is 2.82. The van der Waals surface area contributed by atoms with Gasteiger partial charge in [0.05, 0.1) is 16.5 Å². The first-order chi connectivity index (χ1) is 15.8. The predicted molar refractivity (Wildman–Crippen MR) is 124 cm³/mol. The van der Waals surface area contributed by atoms with Crippen LogP contribution in [0.3, 0.4) is 0 Å². The van der Waals surface area contributed by atoms with E-state index in [1.807, 2.05) is 37.3 Å². The Morgan fingerprint density at radius 1 is 1.24 bits per heavy atom. The molecule has 33 heavy (non-hydrogen) atoms. The molecule has 8 nitrogen and oxygen atoms in total. The fourth-order valence-corrected chi connectivity index (χ4v) is 6.15. The Balaban J connectivity index is 1.53. The molecule has 2 aromatic rings. The van der Waals surface area contributed by atoms with Crippen molar-refractivity contribution in [3.05, 3.63) is 53.6 Å². The summed E-state index contributed by atoms with van der Waals surface area (Å²) in [7, 11) is -3.83. The van der Waals surface area contributed by atoms with Gasteiger partial charge in [-0.1, -0.05) is 30.3 Å². The van der Waals surface area contributed by atoms with Crippen molar-refractivity contribution in [3.63, 3.8) is 0 Å². The number of anilines is 1. The zero-order chi connectivity index (χ0) is 23.6. The molecule has 1 atom stereocenters. The summed E-state index contributed by atoms with van der Waals surface area (Å²) in [6, 6.07) is 12.9. The van der Waals surface area contributed by atoms with Crippen molar-refractivity contribution in [2.75, 3.05) is 31.6 Å². The Hall–Kier alpha value is -2.91. The monoisotopic (exact) mass is 471 g/mol. The lowest BCUT2D eigenvalue weighted by molar-refractivity contribution is -0.137. The summed E-state index contributed by atoms with van der Waals surface area (Å²) in [6.07, 6.45) is 1.28. The summed E-state index contributed by atoms with van der Waals surface area (Å²) in [6.45, 7) is 5.07. The van der Waals surface area contributed by atoms with E-state index in [2.05, 4.69) is 5.32 Å². The first-order valence-electron chi connectivity index (χ1n) is 11.2. The molecule has 0 spiro atoms. The second-order valence-electron chi connectivity index (χ2n) is 8.49. The van der Waals surface area contributed by atoms with Crippen LogP contribution in [0.4, 0.5) is 5.69 Å². The van der Waals surface area contributed by atoms with Crippen molar-refractivity contribution < 1.29 is 22.7 Å². The topological polar surface area (TPSA) is 96.0 Å². The molecule has 1 unspecified atom stereocenters. The quantitative estimate of drug-likeness (QED) is 0.699. The van der Waals surface area contributed by atoms with Crippen molar-refractivity contribution in [2.45, 2.75) is 38.1 Å². The summed E-state index contributed by atoms with van der Waals surface area (Å²) < 4.78 is 33.9. The molecule has 1 fully saturated rings. The third-order valence-corrected chi connectivity index (χ3v) is 8.18. The number of aryl methyl sites for hydroxylation is 1. The number of carbonyl (C=O) groups excluding carboxylic acids is 2. The van der Waals surface area contributed by atoms with Crippen molar-refractivity contribution >= 4 is 27.5 Å². The van der Waals surface area contributed by atoms with Gasteiger partial charge < -0.3 is 15.0 Å². The van der Waals surface area contributed by atoms with Crippen LogP contribution in [0.25, 0.3) is 0 Å². The molecule has 2 aliphatic rings. The number of nitrogens with one attached hydrogen (secondary N) is 1. The molecule has 176 valence electrons. The highest BCUT2D eigenvalue weighted by Crippen LogP contribution is 2.35. The van der Waals surface area contributed by atoms with E-state index in [1.165, 1.54) is 10.4 Å². The molecule has 0 radical (unpaired) electrons. The van der Waals surface area contributed by atoms with E-state index in [0.717, 1.165) is 5.56 Å². The number of nitrogens with zero attached hydrogens (tertiary/aromatic N) is 2. The number of fused-ring (bicyclic) bond motifs is 1. The van der Waals surface area contributed by atoms with Gasteiger partial charge in [-0.15, -0.1) is 0 Å². The van der Waals surface area contributed by atoms with Gasteiger partial charge >= 0.3 is 0 Å². The van der Waals surface area contributed by atoms with E-state index in [0.29, 0.717) is 49.5 Å². The summed E-state index contributed by atoms with van der Waals surface area (Å²) in [5.74, 6) is -0.338. The number of sulfonamides is 1. The Labute approximate surface area is 194 Å². The molecule has 0 saturated carbocycles. The van der Waals surface area contributed by atoms with E-state index in [4.69, 9.17) is 4.74 Å². The molecule has 9 heteroatoms. The number of hydrogen-bond donors (Lipinski definition) is 1. The zero-order valence-corrected chi connectivity index (χ0v) is 19.7. The van der Waals surface area contributed by atoms with Crippen LogP contribution >= 0.6 is 0 Å². The van der Waals surface area contributed by atoms with E-state index in [-0.39, 0.29) is 35.8 Å². The number of amides is 2. The molecule has 4 rings (SSSR count). The highest BCUT2D eigenvalue weighted by Gasteiger charge is 2.36. The number of benzene rings is 2. The van der Waals surface area contributed by atoms with E-state index < -0.39 is 10.0 Å². The van der Waals surface area contributed by atoms with Gasteiger partial charge in [-0.05, 0) is 43.9 Å². The van der Waals surface area contributed by atoms with Crippen LogP contribution in [0.2, 0.25) is 0 Å². The van der Waals surface area contributed by atoms with E-state index in [9.17, 15) is 18.0 Å². The SMILES string of the molecule is CCN(Cc1ccccc1)C(=O)C1CCCN(S(=O)(=O)c2cc3c(cc2C)NC(=O)CO3)C1. The summed E-state index contributed by atoms with van der Waals surface area (Å²) in [5.41, 5.74) is 2.03. The Morgan fingerprint density at radius 3 is 2.73 bits per heavy atom. The van der Waals surface area contributed by atoms with Gasteiger partial charge in [0.15, 0.2) is 6.61 Å². The van der Waals surface area contributed by atoms with Gasteiger partial charge in [0.25, 0.3) is 5.91 Å². The maximum Gasteiger partial charge on any atom is 0.262 e. The maximum atomic E-state index is 13.5. The molecular weight excluding hydrogens is 442 g/mol. The minimum Gasteiger partial charge on any atom is -0.482 e. The largest absolute Gasteiger partial charge is 0.482 e. The van der Waals surface area contributed by atoms with Crippen molar-refractivity contribution in [3.8, 4) is 5.75 Å². The fraction of sp³-hybridized carbons (Fsp3) is 0.417. The van der Waals surface area contributed by atoms with Crippen molar-refractivity contribution in [2.24, 2.45) is 5.92 Å². The van der Waals surface area contributed by atoms with Gasteiger partial charge in [-0.2, -0.15) is 4.31 Å². The van der Waals surface area contributed by atoms with Gasteiger partial charge in [0, 0.05) is 32.2 Å². The minimum atomic E-state index is -3.83. The Morgan fingerprint density at radius 2 is 2.00 bits per heavy atom. The second kappa shape index (κ2) is 9.52. The van der Waals surface area contributed by atoms with Crippen LogP contribution in [0.5, 0.6) is 5.75 Å². The smallest absolute Gasteiger partial charge is 0.262 e. The number of hydrogen-bond acceptors (Lipinski definition) is 5. The maximum absolute atomic E-state index is 13.5. The molecule has 1 N–H and O–H groups in total. The van der Waals surface area contributed by atoms with E-state index >= 15 is 0 Å². The summed E-state index contributed by atoms with van der Waals surface area (Å²) >= 11 is 0. The molecule has 2 amide bonds. The fourth-order valence-electron chi connectivity index (χ4n) is 4.40. The number of piperidine rings is 1. The van der Waals surface area contributed by atoms with Crippen molar-refractivity contribution in [1.29, 1.82) is 0 Å². The molecule has 0 aliphatic carbocycles. The lowest BCUT2D eigenvalue weighted by Crippen LogP contribution is -2.46. The Bertz CT molecular complexity index is 1150. The molecule has 2 aromatic carbocycles. The minimum absolute atomic E-state index is 0.0190. The van der Waals surface area contributed by atoms with Gasteiger partial charge in [-0.25, -0.2) is 8.42 Å². The molecule has 0 bridgehead atoms. The standard InChI is InChI=1S/C24H29N3O5S/c1-3-26(14-18-8-5-4-6-9-18)24(29)19-10-7-11-27(15-19)33(30,31)22-13-21-20(12-17(22)2)25-23(28)16-32-21/h4-6,8-9,12-13,19H,3,7,10-11,14-16H2,1-2H3,(H,25,28). The number of ether oxygens (including phenoxy) is 1. The third-order valence-electron chi connectivity index (χ3n) is 6.17. The molecule has 2 aliphatic heterocycles. The van der Waals surface area contributed by atoms with Crippen LogP contribution < -0.4 is 10.1 Å². The van der Waals surface area contributed by atoms with Crippen LogP contribution in [0.15, 0.2) is 47.4 Å². The normalized spacial score (nSPS) is 18.7. The number of rotatable bonds is 6. The van der Waals surface area contributed by atoms with Crippen LogP contribution in [0.1, 0.15) is 30.9 Å². The predicted octanol–water partition coefficient (Wildman–Crippen LogP) is 2.78. The van der Waals surface area contributed by atoms with Gasteiger partial charge in [0.2, 0.25) is 15.9 Å². The third kappa shape index (κ3) is 4.89. The molecule has 2 heterocycles. The lowest BCUT2D eigenvalue weighted by atomic mass is 9.98. The first-order valence-corrected chi connectivity index (χ1v) is 12.6. The van der Waals surface area contributed by atoms with Gasteiger partial charge in [0.1, 0.15) is 5.75 Å². The van der Waals surface area contributed by atoms with Gasteiger partial charge in [-0.3, -0.25) is 9.59 Å². The van der Waals surface area contributed by atoms with Crippen LogP contribution in [-0.2, 0) is 26.2 Å². The van der Waals surface area contributed by atoms with Crippen LogP contribution in [0, 0.1) is 12.8 Å². The first kappa shape index (κ1) is 23.3. The number of carbonyl (C=O) groups is 2.